The normalized spacial score (nSPS) is 15.4. The molecule has 1 N–H and O–H groups in total. The first-order chi connectivity index (χ1) is 7.54. The Bertz CT molecular complexity index is 325. The minimum atomic E-state index is 0.449. The molecule has 1 aromatic heterocycles. The lowest BCUT2D eigenvalue weighted by Gasteiger charge is -2.17. The van der Waals surface area contributed by atoms with Crippen molar-refractivity contribution in [1.82, 2.24) is 5.32 Å². The maximum atomic E-state index is 3.56. The van der Waals surface area contributed by atoms with Crippen LogP contribution in [-0.4, -0.2) is 6.54 Å². The maximum Gasteiger partial charge on any atom is 0.0299 e. The quantitative estimate of drug-likeness (QED) is 0.786. The van der Waals surface area contributed by atoms with E-state index in [1.807, 2.05) is 11.3 Å². The molecule has 1 aromatic rings. The summed E-state index contributed by atoms with van der Waals surface area (Å²) in [5, 5.41) is 3.56. The van der Waals surface area contributed by atoms with Gasteiger partial charge in [-0.25, -0.2) is 0 Å². The molecule has 0 unspecified atom stereocenters. The Morgan fingerprint density at radius 1 is 1.31 bits per heavy atom. The number of nitrogens with one attached hydrogen (secondary N) is 1. The molecular formula is C14H23NS. The lowest BCUT2D eigenvalue weighted by Crippen LogP contribution is -2.19. The molecule has 0 saturated heterocycles. The molecule has 0 fully saturated rings. The molecule has 0 saturated carbocycles. The van der Waals surface area contributed by atoms with Gasteiger partial charge >= 0.3 is 0 Å². The molecule has 0 atom stereocenters. The van der Waals surface area contributed by atoms with E-state index >= 15 is 0 Å². The zero-order chi connectivity index (χ0) is 11.6. The highest BCUT2D eigenvalue weighted by Gasteiger charge is 2.14. The number of hydrogen-bond acceptors (Lipinski definition) is 2. The first-order valence-electron chi connectivity index (χ1n) is 6.36. The predicted molar refractivity (Wildman–Crippen MR) is 72.1 cm³/mol. The van der Waals surface area contributed by atoms with E-state index in [-0.39, 0.29) is 0 Å². The topological polar surface area (TPSA) is 12.0 Å². The van der Waals surface area contributed by atoms with E-state index < -0.39 is 0 Å². The number of hydrogen-bond donors (Lipinski definition) is 1. The minimum absolute atomic E-state index is 0.449. The van der Waals surface area contributed by atoms with Crippen LogP contribution in [0.4, 0.5) is 0 Å². The second kappa shape index (κ2) is 4.89. The van der Waals surface area contributed by atoms with Crippen LogP contribution in [0.15, 0.2) is 6.07 Å². The average molecular weight is 237 g/mol. The van der Waals surface area contributed by atoms with Gasteiger partial charge in [0.05, 0.1) is 0 Å². The number of fused-ring (bicyclic) bond motifs is 1. The first kappa shape index (κ1) is 12.1. The maximum absolute atomic E-state index is 3.56. The van der Waals surface area contributed by atoms with Gasteiger partial charge in [0.2, 0.25) is 0 Å². The van der Waals surface area contributed by atoms with Crippen molar-refractivity contribution in [3.63, 3.8) is 0 Å². The third kappa shape index (κ3) is 3.33. The van der Waals surface area contributed by atoms with Crippen molar-refractivity contribution < 1.29 is 0 Å². The van der Waals surface area contributed by atoms with Gasteiger partial charge in [0.1, 0.15) is 0 Å². The lowest BCUT2D eigenvalue weighted by atomic mass is 9.92. The van der Waals surface area contributed by atoms with Gasteiger partial charge < -0.3 is 5.32 Å². The van der Waals surface area contributed by atoms with Gasteiger partial charge in [0.15, 0.2) is 0 Å². The van der Waals surface area contributed by atoms with Gasteiger partial charge in [-0.15, -0.1) is 11.3 Å². The van der Waals surface area contributed by atoms with E-state index in [2.05, 4.69) is 32.2 Å². The van der Waals surface area contributed by atoms with Crippen LogP contribution in [0.2, 0.25) is 0 Å². The summed E-state index contributed by atoms with van der Waals surface area (Å²) in [7, 11) is 0. The molecule has 0 aliphatic heterocycles. The van der Waals surface area contributed by atoms with Crippen LogP contribution in [0.3, 0.4) is 0 Å². The van der Waals surface area contributed by atoms with Gasteiger partial charge in [-0.3, -0.25) is 0 Å². The largest absolute Gasteiger partial charge is 0.312 e. The molecule has 2 heteroatoms. The smallest absolute Gasteiger partial charge is 0.0299 e. The molecule has 1 heterocycles. The standard InChI is InChI=1S/C14H23NS/c1-14(2,3)7-8-15-10-12-9-11-5-4-6-13(11)16-12/h9,15H,4-8,10H2,1-3H3. The Morgan fingerprint density at radius 2 is 2.12 bits per heavy atom. The van der Waals surface area contributed by atoms with Crippen LogP contribution >= 0.6 is 11.3 Å². The molecular weight excluding hydrogens is 214 g/mol. The van der Waals surface area contributed by atoms with Crippen molar-refractivity contribution in [3.8, 4) is 0 Å². The summed E-state index contributed by atoms with van der Waals surface area (Å²) >= 11 is 2.02. The Morgan fingerprint density at radius 3 is 2.81 bits per heavy atom. The summed E-state index contributed by atoms with van der Waals surface area (Å²) in [5.74, 6) is 0. The van der Waals surface area contributed by atoms with E-state index in [1.54, 1.807) is 10.4 Å². The van der Waals surface area contributed by atoms with Gasteiger partial charge in [0, 0.05) is 16.3 Å². The lowest BCUT2D eigenvalue weighted by molar-refractivity contribution is 0.367. The molecule has 0 radical (unpaired) electrons. The fourth-order valence-electron chi connectivity index (χ4n) is 2.15. The summed E-state index contributed by atoms with van der Waals surface area (Å²) < 4.78 is 0. The van der Waals surface area contributed by atoms with Crippen molar-refractivity contribution in [3.05, 3.63) is 21.4 Å². The highest BCUT2D eigenvalue weighted by atomic mass is 32.1. The van der Waals surface area contributed by atoms with Gasteiger partial charge in [0.25, 0.3) is 0 Å². The van der Waals surface area contributed by atoms with Crippen LogP contribution in [0.25, 0.3) is 0 Å². The van der Waals surface area contributed by atoms with Crippen LogP contribution in [0.5, 0.6) is 0 Å². The van der Waals surface area contributed by atoms with E-state index in [1.165, 1.54) is 30.6 Å². The average Bonchev–Trinajstić information content (AvgIpc) is 2.70. The van der Waals surface area contributed by atoms with Crippen molar-refractivity contribution in [2.45, 2.75) is 53.0 Å². The molecule has 16 heavy (non-hydrogen) atoms. The van der Waals surface area contributed by atoms with Crippen molar-refractivity contribution in [2.75, 3.05) is 6.54 Å². The van der Waals surface area contributed by atoms with Gasteiger partial charge in [-0.05, 0) is 49.3 Å². The molecule has 2 rings (SSSR count). The van der Waals surface area contributed by atoms with Crippen molar-refractivity contribution >= 4 is 11.3 Å². The monoisotopic (exact) mass is 237 g/mol. The van der Waals surface area contributed by atoms with E-state index in [0.717, 1.165) is 13.1 Å². The third-order valence-electron chi connectivity index (χ3n) is 3.15. The Kier molecular flexibility index (Phi) is 3.70. The zero-order valence-electron chi connectivity index (χ0n) is 10.7. The summed E-state index contributed by atoms with van der Waals surface area (Å²) in [6.45, 7) is 9.09. The fourth-order valence-corrected chi connectivity index (χ4v) is 3.38. The first-order valence-corrected chi connectivity index (χ1v) is 7.17. The molecule has 1 aliphatic carbocycles. The van der Waals surface area contributed by atoms with Gasteiger partial charge in [-0.2, -0.15) is 0 Å². The molecule has 0 bridgehead atoms. The molecule has 0 aromatic carbocycles. The highest BCUT2D eigenvalue weighted by molar-refractivity contribution is 7.12. The molecule has 1 nitrogen and oxygen atoms in total. The summed E-state index contributed by atoms with van der Waals surface area (Å²) in [4.78, 5) is 3.17. The Hall–Kier alpha value is -0.340. The molecule has 90 valence electrons. The summed E-state index contributed by atoms with van der Waals surface area (Å²) in [6, 6.07) is 2.41. The van der Waals surface area contributed by atoms with Crippen molar-refractivity contribution in [1.29, 1.82) is 0 Å². The Labute approximate surface area is 103 Å². The van der Waals surface area contributed by atoms with E-state index in [4.69, 9.17) is 0 Å². The second-order valence-electron chi connectivity index (χ2n) is 6.00. The summed E-state index contributed by atoms with van der Waals surface area (Å²) in [6.07, 6.45) is 5.26. The van der Waals surface area contributed by atoms with Gasteiger partial charge in [-0.1, -0.05) is 20.8 Å². The van der Waals surface area contributed by atoms with E-state index in [0.29, 0.717) is 5.41 Å². The van der Waals surface area contributed by atoms with Crippen LogP contribution in [0, 0.1) is 5.41 Å². The number of aryl methyl sites for hydroxylation is 2. The van der Waals surface area contributed by atoms with Crippen molar-refractivity contribution in [2.24, 2.45) is 5.41 Å². The molecule has 0 spiro atoms. The molecule has 1 aliphatic rings. The minimum Gasteiger partial charge on any atom is -0.312 e. The van der Waals surface area contributed by atoms with Crippen LogP contribution < -0.4 is 5.32 Å². The number of thiophene rings is 1. The van der Waals surface area contributed by atoms with E-state index in [9.17, 15) is 0 Å². The second-order valence-corrected chi connectivity index (χ2v) is 7.22. The summed E-state index contributed by atoms with van der Waals surface area (Å²) in [5.41, 5.74) is 2.07. The zero-order valence-corrected chi connectivity index (χ0v) is 11.5. The van der Waals surface area contributed by atoms with Crippen LogP contribution in [0.1, 0.15) is 48.9 Å². The molecule has 0 amide bonds. The predicted octanol–water partition coefficient (Wildman–Crippen LogP) is 3.76. The van der Waals surface area contributed by atoms with Crippen LogP contribution in [-0.2, 0) is 19.4 Å². The third-order valence-corrected chi connectivity index (χ3v) is 4.39. The Balaban J connectivity index is 1.73. The SMILES string of the molecule is CC(C)(C)CCNCc1cc2c(s1)CCC2. The highest BCUT2D eigenvalue weighted by Crippen LogP contribution is 2.30. The number of rotatable bonds is 4. The fraction of sp³-hybridized carbons (Fsp3) is 0.714.